The second kappa shape index (κ2) is 23.3. The van der Waals surface area contributed by atoms with Crippen LogP contribution in [0.15, 0.2) is 76.5 Å². The Labute approximate surface area is 463 Å². The van der Waals surface area contributed by atoms with Crippen molar-refractivity contribution in [1.82, 2.24) is 23.5 Å². The van der Waals surface area contributed by atoms with Gasteiger partial charge in [-0.25, -0.2) is 72.5 Å². The fraction of sp³-hybridized carbons (Fsp3) is 0.412. The summed E-state index contributed by atoms with van der Waals surface area (Å²) >= 11 is 2.14. The minimum absolute atomic E-state index is 0.0104. The first kappa shape index (κ1) is 60.5. The van der Waals surface area contributed by atoms with E-state index >= 15 is 0 Å². The number of carbonyl (C=O) groups is 2. The van der Waals surface area contributed by atoms with Crippen molar-refractivity contribution in [2.24, 2.45) is 15.7 Å². The average molecular weight is 1240 g/mol. The molecule has 78 heavy (non-hydrogen) atoms. The summed E-state index contributed by atoms with van der Waals surface area (Å²) in [4.78, 5) is 43.4. The minimum Gasteiger partial charge on any atom is -0.484 e. The number of hydrogen-bond acceptors (Lipinski definition) is 17. The molecular formula is C51H59F4IN8O12S2. The summed E-state index contributed by atoms with van der Waals surface area (Å²) in [6.45, 7) is 15.3. The molecule has 6 heterocycles. The van der Waals surface area contributed by atoms with Crippen molar-refractivity contribution >= 4 is 84.7 Å². The number of fused-ring (bicyclic) bond motifs is 2. The Hall–Kier alpha value is -6.75. The molecule has 0 fully saturated rings. The zero-order valence-corrected chi connectivity index (χ0v) is 48.3. The van der Waals surface area contributed by atoms with Gasteiger partial charge in [-0.15, -0.1) is 4.90 Å². The molecule has 2 amide bonds. The monoisotopic (exact) mass is 1240 g/mol. The van der Waals surface area contributed by atoms with E-state index in [2.05, 4.69) is 42.5 Å². The Bertz CT molecular complexity index is 3300. The largest absolute Gasteiger partial charge is 0.484 e. The van der Waals surface area contributed by atoms with Gasteiger partial charge in [0.05, 0.1) is 17.3 Å². The van der Waals surface area contributed by atoms with Gasteiger partial charge in [0.25, 0.3) is 11.8 Å². The van der Waals surface area contributed by atoms with Gasteiger partial charge in [0.15, 0.2) is 11.5 Å². The number of imide groups is 1. The van der Waals surface area contributed by atoms with E-state index in [1.54, 1.807) is 47.6 Å². The van der Waals surface area contributed by atoms with E-state index in [4.69, 9.17) is 34.2 Å². The first-order valence-corrected chi connectivity index (χ1v) is 28.0. The molecule has 0 unspecified atom stereocenters. The van der Waals surface area contributed by atoms with Crippen molar-refractivity contribution in [3.63, 3.8) is 0 Å². The van der Waals surface area contributed by atoms with Gasteiger partial charge in [-0.3, -0.25) is 0 Å². The molecule has 0 saturated heterocycles. The van der Waals surface area contributed by atoms with Crippen LogP contribution in [-0.2, 0) is 40.6 Å². The van der Waals surface area contributed by atoms with Gasteiger partial charge in [0, 0.05) is 25.2 Å². The van der Waals surface area contributed by atoms with Crippen molar-refractivity contribution in [2.75, 3.05) is 52.0 Å². The highest BCUT2D eigenvalue weighted by Crippen LogP contribution is 2.38. The van der Waals surface area contributed by atoms with E-state index in [1.165, 1.54) is 64.2 Å². The molecular weight excluding hydrogens is 1180 g/mol. The summed E-state index contributed by atoms with van der Waals surface area (Å²) in [7, 11) is -5.63. The molecule has 0 spiro atoms. The molecule has 422 valence electrons. The van der Waals surface area contributed by atoms with Crippen LogP contribution < -0.4 is 24.7 Å². The number of carbonyl (C=O) groups excluding carboxylic acids is 2. The summed E-state index contributed by atoms with van der Waals surface area (Å²) in [5, 5.41) is 0. The van der Waals surface area contributed by atoms with Crippen LogP contribution in [0.5, 0.6) is 23.3 Å². The maximum atomic E-state index is 15.0. The van der Waals surface area contributed by atoms with Gasteiger partial charge >= 0.3 is 12.2 Å². The standard InChI is InChI=1S/C24H33F2N3O6S.C20H20F2N4O4S.C7H6INO2/c1-15(25)12-16-10-11-18(26)17(13-16)24(8)14-36(32,33)28(9)19(27-24)29(20(30)34-22(2,3)4)21(31)35-23(5,6)7;1-20(11-31(27,28)26(2)19(23)25-20)13-9-12(3-4-14(13)21)10-15(22)16-5-6-17-18(24-16)30-8-7-29-17;8-6-2-1-5-7(9-6)11-4-3-10-5/h10-13H,14H2,1-9H3;3-6,9-10H,7-8,11H2,1-2H3,(H2,23,25);1-2H,3-4H2/b15-12-;15-10-;/t24-;20-;/m00./s1. The van der Waals surface area contributed by atoms with E-state index in [0.29, 0.717) is 52.8 Å². The van der Waals surface area contributed by atoms with Crippen LogP contribution in [0.25, 0.3) is 18.0 Å². The third-order valence-electron chi connectivity index (χ3n) is 11.2. The normalized spacial score (nSPS) is 20.6. The zero-order valence-electron chi connectivity index (χ0n) is 44.5. The van der Waals surface area contributed by atoms with Crippen LogP contribution in [0.3, 0.4) is 0 Å². The van der Waals surface area contributed by atoms with Crippen LogP contribution >= 0.6 is 22.6 Å². The lowest BCUT2D eigenvalue weighted by atomic mass is 9.92. The first-order valence-electron chi connectivity index (χ1n) is 23.7. The van der Waals surface area contributed by atoms with Crippen LogP contribution in [0.4, 0.5) is 27.2 Å². The molecule has 20 nitrogen and oxygen atoms in total. The third kappa shape index (κ3) is 14.9. The third-order valence-corrected chi connectivity index (χ3v) is 15.7. The molecule has 27 heteroatoms. The van der Waals surface area contributed by atoms with Crippen molar-refractivity contribution in [3.8, 4) is 23.3 Å². The minimum atomic E-state index is -4.23. The van der Waals surface area contributed by atoms with Crippen LogP contribution in [0.2, 0.25) is 0 Å². The molecule has 2 N–H and O–H groups in total. The maximum Gasteiger partial charge on any atom is 0.427 e. The number of pyridine rings is 2. The topological polar surface area (TPSA) is 244 Å². The predicted molar refractivity (Wildman–Crippen MR) is 291 cm³/mol. The number of aromatic nitrogens is 2. The Morgan fingerprint density at radius 1 is 0.692 bits per heavy atom. The van der Waals surface area contributed by atoms with Gasteiger partial charge < -0.3 is 34.2 Å². The zero-order chi connectivity index (χ0) is 57.9. The fourth-order valence-electron chi connectivity index (χ4n) is 7.68. The van der Waals surface area contributed by atoms with E-state index < -0.39 is 95.3 Å². The Morgan fingerprint density at radius 3 is 1.63 bits per heavy atom. The van der Waals surface area contributed by atoms with Crippen molar-refractivity contribution in [3.05, 3.63) is 110 Å². The number of guanidine groups is 2. The molecule has 0 saturated carbocycles. The van der Waals surface area contributed by atoms with Crippen LogP contribution in [0, 0.1) is 15.3 Å². The number of hydrogen-bond donors (Lipinski definition) is 1. The number of ether oxygens (including phenoxy) is 6. The second-order valence-electron chi connectivity index (χ2n) is 20.2. The molecule has 4 aliphatic rings. The van der Waals surface area contributed by atoms with Crippen LogP contribution in [-0.4, -0.2) is 128 Å². The number of nitrogens with zero attached hydrogens (tertiary/aromatic N) is 7. The molecule has 4 aromatic rings. The summed E-state index contributed by atoms with van der Waals surface area (Å²) < 4.78 is 144. The number of benzene rings is 2. The number of halogens is 5. The molecule has 0 radical (unpaired) electrons. The SMILES string of the molecule is C/C(F)=C/c1ccc(F)c([C@]2(C)CS(=O)(=O)N(C)C(N(C(=O)OC(C)(C)C)C(=O)OC(C)(C)C)=N2)c1.CN1C(N)=N[C@](C)(c2cc(/C=C(\F)c3ccc4c(n3)OCCO4)ccc2F)CS1(=O)=O.Ic1ccc2c(n1)OCCO2. The molecule has 8 rings (SSSR count). The van der Waals surface area contributed by atoms with E-state index in [1.807, 2.05) is 12.1 Å². The second-order valence-corrected chi connectivity index (χ2v) is 25.3. The molecule has 2 aromatic carbocycles. The predicted octanol–water partition coefficient (Wildman–Crippen LogP) is 8.90. The highest BCUT2D eigenvalue weighted by atomic mass is 127. The summed E-state index contributed by atoms with van der Waals surface area (Å²) in [5.41, 5.74) is 0.803. The number of allylic oxidation sites excluding steroid dienone is 1. The van der Waals surface area contributed by atoms with Gasteiger partial charge in [0.1, 0.15) is 75.6 Å². The van der Waals surface area contributed by atoms with E-state index in [-0.39, 0.29) is 34.2 Å². The van der Waals surface area contributed by atoms with Gasteiger partial charge in [-0.05, 0) is 157 Å². The van der Waals surface area contributed by atoms with Crippen molar-refractivity contribution in [2.45, 2.75) is 84.6 Å². The first-order chi connectivity index (χ1) is 36.1. The smallest absolute Gasteiger partial charge is 0.427 e. The average Bonchev–Trinajstić information content (AvgIpc) is 3.44. The lowest BCUT2D eigenvalue weighted by Gasteiger charge is -2.39. The molecule has 0 bridgehead atoms. The highest BCUT2D eigenvalue weighted by Gasteiger charge is 2.48. The lowest BCUT2D eigenvalue weighted by molar-refractivity contribution is 0.0132. The van der Waals surface area contributed by atoms with E-state index in [9.17, 15) is 44.0 Å². The molecule has 2 atom stereocenters. The van der Waals surface area contributed by atoms with Gasteiger partial charge in [0.2, 0.25) is 32.0 Å². The lowest BCUT2D eigenvalue weighted by Crippen LogP contribution is -2.58. The molecule has 4 aliphatic heterocycles. The Kier molecular flexibility index (Phi) is 18.1. The van der Waals surface area contributed by atoms with Crippen molar-refractivity contribution < 1.29 is 72.4 Å². The van der Waals surface area contributed by atoms with Gasteiger partial charge in [-0.2, -0.15) is 0 Å². The number of amides is 2. The van der Waals surface area contributed by atoms with Crippen molar-refractivity contribution in [1.29, 1.82) is 0 Å². The molecule has 2 aromatic heterocycles. The Morgan fingerprint density at radius 2 is 1.14 bits per heavy atom. The quantitative estimate of drug-likeness (QED) is 0.111. The molecule has 0 aliphatic carbocycles. The highest BCUT2D eigenvalue weighted by molar-refractivity contribution is 14.1. The number of sulfonamides is 2. The maximum absolute atomic E-state index is 15.0. The summed E-state index contributed by atoms with van der Waals surface area (Å²) in [6.07, 6.45) is -0.144. The Balaban J connectivity index is 0.000000211. The van der Waals surface area contributed by atoms with Crippen LogP contribution in [0.1, 0.15) is 90.3 Å². The van der Waals surface area contributed by atoms with Gasteiger partial charge in [-0.1, -0.05) is 12.1 Å². The fourth-order valence-corrected chi connectivity index (χ4v) is 11.0. The number of nitrogens with two attached hydrogens (primary N) is 1. The number of rotatable bonds is 5. The summed E-state index contributed by atoms with van der Waals surface area (Å²) in [6, 6.07) is 14.3. The van der Waals surface area contributed by atoms with E-state index in [0.717, 1.165) is 39.0 Å². The summed E-state index contributed by atoms with van der Waals surface area (Å²) in [5.74, 6) is -2.75. The number of aliphatic imine (C=N–C) groups is 2.